The van der Waals surface area contributed by atoms with Crippen LogP contribution in [0.2, 0.25) is 0 Å². The fourth-order valence-electron chi connectivity index (χ4n) is 1.16. The molecule has 0 aliphatic heterocycles. The lowest BCUT2D eigenvalue weighted by Crippen LogP contribution is -2.16. The van der Waals surface area contributed by atoms with Gasteiger partial charge < -0.3 is 9.63 Å². The summed E-state index contributed by atoms with van der Waals surface area (Å²) in [5.41, 5.74) is -0.630. The van der Waals surface area contributed by atoms with Crippen LogP contribution in [0.5, 0.6) is 5.88 Å². The molecule has 0 aromatic carbocycles. The third-order valence-corrected chi connectivity index (χ3v) is 7.22. The number of rotatable bonds is 6. The van der Waals surface area contributed by atoms with Gasteiger partial charge in [0.1, 0.15) is 0 Å². The molecule has 0 fully saturated rings. The molecule has 0 aliphatic carbocycles. The van der Waals surface area contributed by atoms with Crippen molar-refractivity contribution in [2.45, 2.75) is 32.4 Å². The second-order valence-electron chi connectivity index (χ2n) is 3.50. The Kier molecular flexibility index (Phi) is 4.91. The Balaban J connectivity index is 3.11. The minimum atomic E-state index is -3.33. The Hall–Kier alpha value is -0.650. The molecule has 1 aromatic heterocycles. The molecule has 2 N–H and O–H groups in total. The summed E-state index contributed by atoms with van der Waals surface area (Å²) in [7, 11) is 0. The van der Waals surface area contributed by atoms with Crippen LogP contribution in [-0.4, -0.2) is 26.3 Å². The van der Waals surface area contributed by atoms with Crippen molar-refractivity contribution >= 4 is 18.1 Å². The average molecular weight is 280 g/mol. The molecule has 98 valence electrons. The Morgan fingerprint density at radius 1 is 1.65 bits per heavy atom. The van der Waals surface area contributed by atoms with E-state index >= 15 is 0 Å². The highest BCUT2D eigenvalue weighted by Gasteiger charge is 2.31. The molecule has 2 unspecified atom stereocenters. The number of nitrogens with one attached hydrogen (secondary N) is 1. The van der Waals surface area contributed by atoms with Crippen molar-refractivity contribution in [1.29, 1.82) is 0 Å². The highest BCUT2D eigenvalue weighted by molar-refractivity contribution is 8.56. The van der Waals surface area contributed by atoms with Crippen LogP contribution in [0.4, 0.5) is 0 Å². The van der Waals surface area contributed by atoms with E-state index in [1.807, 2.05) is 13.8 Å². The molecule has 2 atom stereocenters. The van der Waals surface area contributed by atoms with Crippen LogP contribution < -0.4 is 5.69 Å². The first-order valence-corrected chi connectivity index (χ1v) is 8.43. The lowest BCUT2D eigenvalue weighted by Gasteiger charge is -2.19. The molecule has 17 heavy (non-hydrogen) atoms. The molecule has 0 saturated heterocycles. The van der Waals surface area contributed by atoms with E-state index in [1.54, 1.807) is 6.92 Å². The van der Waals surface area contributed by atoms with E-state index in [0.717, 1.165) is 28.3 Å². The summed E-state index contributed by atoms with van der Waals surface area (Å²) in [6, 6.07) is 0. The summed E-state index contributed by atoms with van der Waals surface area (Å²) < 4.78 is 18.8. The van der Waals surface area contributed by atoms with E-state index in [4.69, 9.17) is 4.52 Å². The first-order valence-electron chi connectivity index (χ1n) is 5.37. The van der Waals surface area contributed by atoms with Crippen molar-refractivity contribution < 1.29 is 14.2 Å². The van der Waals surface area contributed by atoms with Gasteiger partial charge in [-0.25, -0.2) is 9.13 Å². The summed E-state index contributed by atoms with van der Waals surface area (Å²) in [5.74, 6) is -0.320. The van der Waals surface area contributed by atoms with E-state index in [-0.39, 0.29) is 17.7 Å². The Bertz CT molecular complexity index is 470. The molecule has 0 spiro atoms. The Labute approximate surface area is 104 Å². The van der Waals surface area contributed by atoms with Gasteiger partial charge >= 0.3 is 12.4 Å². The van der Waals surface area contributed by atoms with Gasteiger partial charge in [-0.2, -0.15) is 0 Å². The number of aromatic hydroxyl groups is 1. The zero-order valence-electron chi connectivity index (χ0n) is 10.0. The van der Waals surface area contributed by atoms with E-state index in [2.05, 4.69) is 4.98 Å². The molecule has 0 amide bonds. The minimum absolute atomic E-state index is 0.0938. The third kappa shape index (κ3) is 3.40. The molecule has 1 rings (SSSR count). The van der Waals surface area contributed by atoms with Crippen LogP contribution in [0, 0.1) is 0 Å². The van der Waals surface area contributed by atoms with Crippen molar-refractivity contribution in [2.75, 3.05) is 6.61 Å². The Morgan fingerprint density at radius 2 is 2.29 bits per heavy atom. The Morgan fingerprint density at radius 3 is 2.71 bits per heavy atom. The van der Waals surface area contributed by atoms with Gasteiger partial charge in [0.05, 0.1) is 12.8 Å². The largest absolute Gasteiger partial charge is 0.493 e. The smallest absolute Gasteiger partial charge is 0.361 e. The average Bonchev–Trinajstić information content (AvgIpc) is 2.58. The fourth-order valence-corrected chi connectivity index (χ4v) is 5.88. The normalized spacial score (nSPS) is 16.6. The summed E-state index contributed by atoms with van der Waals surface area (Å²) >= 11 is 1.12. The first kappa shape index (κ1) is 14.4. The number of hydrogen-bond acceptors (Lipinski definition) is 5. The fraction of sp³-hybridized carbons (Fsp3) is 0.667. The second kappa shape index (κ2) is 5.80. The summed E-state index contributed by atoms with van der Waals surface area (Å²) in [6.45, 7) is 2.49. The number of nitrogens with zero attached hydrogens (tertiary/aromatic N) is 1. The van der Waals surface area contributed by atoms with Crippen molar-refractivity contribution in [3.8, 4) is 5.88 Å². The van der Waals surface area contributed by atoms with E-state index in [0.29, 0.717) is 0 Å². The number of H-pyrrole nitrogens is 1. The topological polar surface area (TPSA) is 84.3 Å². The van der Waals surface area contributed by atoms with Gasteiger partial charge in [0.25, 0.3) is 0 Å². The van der Waals surface area contributed by atoms with Gasteiger partial charge in [-0.1, -0.05) is 13.8 Å². The van der Waals surface area contributed by atoms with Crippen LogP contribution in [0.1, 0.15) is 27.2 Å². The molecular formula is C9H17N2O4PS. The van der Waals surface area contributed by atoms with Crippen LogP contribution in [0.3, 0.4) is 0 Å². The highest BCUT2D eigenvalue weighted by Crippen LogP contribution is 2.61. The highest BCUT2D eigenvalue weighted by atomic mass is 32.7. The predicted octanol–water partition coefficient (Wildman–Crippen LogP) is 2.41. The van der Waals surface area contributed by atoms with Crippen LogP contribution in [-0.2, 0) is 9.09 Å². The summed E-state index contributed by atoms with van der Waals surface area (Å²) in [5, 5.41) is 9.29. The van der Waals surface area contributed by atoms with Crippen LogP contribution >= 0.6 is 18.1 Å². The monoisotopic (exact) mass is 280 g/mol. The standard InChI is InChI=1S/C9H17N2O4PS/c1-4-7(3)17-16(14,15-5-2)11-6-8(12)10-9(11)13/h6-7,12H,4-5H2,1-3H3,(H,10,13). The van der Waals surface area contributed by atoms with E-state index < -0.39 is 12.4 Å². The van der Waals surface area contributed by atoms with Gasteiger partial charge in [-0.3, -0.25) is 9.55 Å². The van der Waals surface area contributed by atoms with Crippen molar-refractivity contribution in [3.63, 3.8) is 0 Å². The molecule has 8 heteroatoms. The van der Waals surface area contributed by atoms with Crippen LogP contribution in [0.15, 0.2) is 11.0 Å². The molecule has 0 bridgehead atoms. The lowest BCUT2D eigenvalue weighted by atomic mass is 10.4. The predicted molar refractivity (Wildman–Crippen MR) is 68.7 cm³/mol. The number of hydrogen-bond donors (Lipinski definition) is 2. The molecule has 0 aliphatic rings. The van der Waals surface area contributed by atoms with E-state index in [1.165, 1.54) is 0 Å². The maximum absolute atomic E-state index is 12.6. The maximum atomic E-state index is 12.6. The minimum Gasteiger partial charge on any atom is -0.493 e. The second-order valence-corrected chi connectivity index (χ2v) is 8.16. The zero-order chi connectivity index (χ0) is 13.1. The lowest BCUT2D eigenvalue weighted by molar-refractivity contribution is 0.339. The number of aromatic nitrogens is 2. The van der Waals surface area contributed by atoms with Gasteiger partial charge in [0, 0.05) is 5.25 Å². The van der Waals surface area contributed by atoms with Gasteiger partial charge in [-0.15, -0.1) is 0 Å². The van der Waals surface area contributed by atoms with Gasteiger partial charge in [0.2, 0.25) is 5.88 Å². The third-order valence-electron chi connectivity index (χ3n) is 2.13. The number of aromatic amines is 1. The quantitative estimate of drug-likeness (QED) is 0.782. The number of imidazole rings is 1. The van der Waals surface area contributed by atoms with Gasteiger partial charge in [0.15, 0.2) is 0 Å². The molecule has 1 aromatic rings. The zero-order valence-corrected chi connectivity index (χ0v) is 11.8. The van der Waals surface area contributed by atoms with Crippen molar-refractivity contribution in [1.82, 2.24) is 9.32 Å². The van der Waals surface area contributed by atoms with Crippen molar-refractivity contribution in [2.24, 2.45) is 0 Å². The molecular weight excluding hydrogens is 263 g/mol. The van der Waals surface area contributed by atoms with E-state index in [9.17, 15) is 14.5 Å². The van der Waals surface area contributed by atoms with Crippen LogP contribution in [0.25, 0.3) is 0 Å². The first-order chi connectivity index (χ1) is 7.92. The maximum Gasteiger partial charge on any atom is 0.361 e. The molecule has 1 heterocycles. The summed E-state index contributed by atoms with van der Waals surface area (Å²) in [4.78, 5) is 13.7. The molecule has 0 radical (unpaired) electrons. The summed E-state index contributed by atoms with van der Waals surface area (Å²) in [6.07, 6.45) is 1.92. The van der Waals surface area contributed by atoms with Crippen molar-refractivity contribution in [3.05, 3.63) is 16.7 Å². The SMILES string of the molecule is CCOP(=O)(SC(C)CC)n1cc(O)[nH]c1=O. The molecule has 6 nitrogen and oxygen atoms in total. The van der Waals surface area contributed by atoms with Gasteiger partial charge in [-0.05, 0) is 24.7 Å². The molecule has 0 saturated carbocycles.